The third-order valence-corrected chi connectivity index (χ3v) is 6.73. The molecule has 0 aromatic rings. The number of rotatable bonds is 44. The van der Waals surface area contributed by atoms with Gasteiger partial charge >= 0.3 is 5.97 Å². The zero-order chi connectivity index (χ0) is 35.4. The highest BCUT2D eigenvalue weighted by Gasteiger charge is 2.02. The number of alkyl halides is 1. The second kappa shape index (κ2) is 45.7. The van der Waals surface area contributed by atoms with E-state index in [0.29, 0.717) is 158 Å². The molecule has 0 aliphatic rings. The Balaban J connectivity index is 3.08. The number of halogens is 1. The van der Waals surface area contributed by atoms with Gasteiger partial charge in [0.15, 0.2) is 0 Å². The third-order valence-electron chi connectivity index (χ3n) is 6.29. The van der Waals surface area contributed by atoms with Crippen molar-refractivity contribution in [3.63, 3.8) is 0 Å². The van der Waals surface area contributed by atoms with Crippen molar-refractivity contribution < 1.29 is 66.4 Å². The van der Waals surface area contributed by atoms with Crippen molar-refractivity contribution in [3.05, 3.63) is 0 Å². The number of carbonyl (C=O) groups is 1. The summed E-state index contributed by atoms with van der Waals surface area (Å²) in [6.07, 6.45) is 6.07. The lowest BCUT2D eigenvalue weighted by Crippen LogP contribution is -2.15. The van der Waals surface area contributed by atoms with Gasteiger partial charge in [0.2, 0.25) is 0 Å². The van der Waals surface area contributed by atoms with Gasteiger partial charge in [-0.3, -0.25) is 4.79 Å². The fourth-order valence-electron chi connectivity index (χ4n) is 3.74. The quantitative estimate of drug-likeness (QED) is 0.0384. The van der Waals surface area contributed by atoms with Crippen LogP contribution in [0.3, 0.4) is 0 Å². The largest absolute Gasteiger partial charge is 0.463 e. The van der Waals surface area contributed by atoms with Crippen LogP contribution in [0.4, 0.5) is 0 Å². The van der Waals surface area contributed by atoms with E-state index in [1.807, 2.05) is 0 Å². The van der Waals surface area contributed by atoms with Gasteiger partial charge in [0.1, 0.15) is 6.61 Å². The molecule has 49 heavy (non-hydrogen) atoms. The average Bonchev–Trinajstić information content (AvgIpc) is 3.11. The van der Waals surface area contributed by atoms with E-state index in [2.05, 4.69) is 29.5 Å². The number of esters is 1. The summed E-state index contributed by atoms with van der Waals surface area (Å²) < 4.78 is 71.5. The van der Waals surface area contributed by atoms with Crippen molar-refractivity contribution in [1.29, 1.82) is 0 Å². The monoisotopic (exact) mass is 826 g/mol. The molecule has 0 aliphatic heterocycles. The SMILES string of the molecule is CCCCCCCC(=O)OCCOCCOCCOCCOCCOCCOCCOCCOCCOCCOCCOCCOCCI. The standard InChI is InChI=1S/C34H67IO14/c1-2-3-4-5-6-7-34(36)49-33-32-48-31-30-47-29-28-46-27-26-45-25-24-44-23-22-43-21-20-42-19-18-41-17-16-40-15-14-39-13-12-38-11-10-37-9-8-35/h2-33H2,1H3. The second-order valence-corrected chi connectivity index (χ2v) is 11.5. The molecule has 0 rings (SSSR count). The highest BCUT2D eigenvalue weighted by molar-refractivity contribution is 14.1. The highest BCUT2D eigenvalue weighted by Crippen LogP contribution is 2.05. The molecule has 0 aromatic carbocycles. The maximum atomic E-state index is 11.6. The molecule has 0 atom stereocenters. The molecule has 0 saturated carbocycles. The van der Waals surface area contributed by atoms with E-state index in [9.17, 15) is 4.79 Å². The first-order valence-corrected chi connectivity index (χ1v) is 19.5. The van der Waals surface area contributed by atoms with Gasteiger partial charge in [0, 0.05) is 10.8 Å². The van der Waals surface area contributed by atoms with Crippen LogP contribution in [0.5, 0.6) is 0 Å². The molecule has 0 bridgehead atoms. The van der Waals surface area contributed by atoms with Crippen molar-refractivity contribution in [1.82, 2.24) is 0 Å². The zero-order valence-corrected chi connectivity index (χ0v) is 32.4. The Hall–Kier alpha value is -0.280. The van der Waals surface area contributed by atoms with Crippen LogP contribution >= 0.6 is 22.6 Å². The van der Waals surface area contributed by atoms with Crippen molar-refractivity contribution in [2.24, 2.45) is 0 Å². The van der Waals surface area contributed by atoms with Gasteiger partial charge in [-0.15, -0.1) is 0 Å². The molecule has 14 nitrogen and oxygen atoms in total. The van der Waals surface area contributed by atoms with Crippen molar-refractivity contribution >= 4 is 28.6 Å². The summed E-state index contributed by atoms with van der Waals surface area (Å²) in [4.78, 5) is 11.6. The zero-order valence-electron chi connectivity index (χ0n) is 30.2. The number of unbranched alkanes of at least 4 members (excludes halogenated alkanes) is 4. The van der Waals surface area contributed by atoms with Crippen LogP contribution in [0.1, 0.15) is 45.4 Å². The fourth-order valence-corrected chi connectivity index (χ4v) is 4.05. The lowest BCUT2D eigenvalue weighted by Gasteiger charge is -2.09. The summed E-state index contributed by atoms with van der Waals surface area (Å²) in [6.45, 7) is 14.9. The first-order chi connectivity index (χ1) is 24.3. The Morgan fingerprint density at radius 3 is 0.857 bits per heavy atom. The third kappa shape index (κ3) is 45.7. The van der Waals surface area contributed by atoms with E-state index in [4.69, 9.17) is 61.6 Å². The molecule has 0 aromatic heterocycles. The maximum Gasteiger partial charge on any atom is 0.305 e. The molecule has 0 fully saturated rings. The summed E-state index contributed by atoms with van der Waals surface area (Å²) in [7, 11) is 0. The lowest BCUT2D eigenvalue weighted by atomic mass is 10.1. The molecular weight excluding hydrogens is 759 g/mol. The Kier molecular flexibility index (Phi) is 45.5. The molecule has 0 unspecified atom stereocenters. The molecule has 0 N–H and O–H groups in total. The minimum atomic E-state index is -0.147. The number of ether oxygens (including phenoxy) is 13. The highest BCUT2D eigenvalue weighted by atomic mass is 127. The summed E-state index contributed by atoms with van der Waals surface area (Å²) >= 11 is 2.28. The van der Waals surface area contributed by atoms with Gasteiger partial charge in [0.05, 0.1) is 159 Å². The fraction of sp³-hybridized carbons (Fsp3) is 0.971. The van der Waals surface area contributed by atoms with E-state index >= 15 is 0 Å². The molecule has 0 radical (unpaired) electrons. The topological polar surface area (TPSA) is 137 Å². The molecule has 0 saturated heterocycles. The summed E-state index contributed by atoms with van der Waals surface area (Å²) in [5.74, 6) is -0.147. The predicted octanol–water partition coefficient (Wildman–Crippen LogP) is 3.52. The molecule has 0 aliphatic carbocycles. The molecule has 0 spiro atoms. The summed E-state index contributed by atoms with van der Waals surface area (Å²) in [6, 6.07) is 0. The number of carbonyl (C=O) groups excluding carboxylic acids is 1. The second-order valence-electron chi connectivity index (χ2n) is 10.4. The van der Waals surface area contributed by atoms with Crippen LogP contribution in [-0.4, -0.2) is 176 Å². The van der Waals surface area contributed by atoms with Crippen molar-refractivity contribution in [2.75, 3.05) is 170 Å². The molecule has 0 heterocycles. The summed E-state index contributed by atoms with van der Waals surface area (Å²) in [5.41, 5.74) is 0. The van der Waals surface area contributed by atoms with Crippen LogP contribution in [0.25, 0.3) is 0 Å². The molecule has 0 amide bonds. The Morgan fingerprint density at radius 1 is 0.347 bits per heavy atom. The van der Waals surface area contributed by atoms with E-state index in [1.54, 1.807) is 0 Å². The Morgan fingerprint density at radius 2 is 0.592 bits per heavy atom. The molecular formula is C34H67IO14. The van der Waals surface area contributed by atoms with Crippen LogP contribution in [0.15, 0.2) is 0 Å². The van der Waals surface area contributed by atoms with Gasteiger partial charge in [-0.05, 0) is 6.42 Å². The van der Waals surface area contributed by atoms with Gasteiger partial charge in [-0.25, -0.2) is 0 Å². The van der Waals surface area contributed by atoms with E-state index in [0.717, 1.165) is 23.9 Å². The molecule has 15 heteroatoms. The Bertz CT molecular complexity index is 623. The van der Waals surface area contributed by atoms with E-state index < -0.39 is 0 Å². The van der Waals surface area contributed by atoms with Crippen LogP contribution in [-0.2, 0) is 66.4 Å². The molecule has 294 valence electrons. The normalized spacial score (nSPS) is 11.5. The van der Waals surface area contributed by atoms with E-state index in [-0.39, 0.29) is 12.6 Å². The average molecular weight is 827 g/mol. The summed E-state index contributed by atoms with van der Waals surface area (Å²) in [5, 5.41) is 0. The van der Waals surface area contributed by atoms with Crippen LogP contribution < -0.4 is 0 Å². The smallest absolute Gasteiger partial charge is 0.305 e. The minimum Gasteiger partial charge on any atom is -0.463 e. The number of hydrogen-bond donors (Lipinski definition) is 0. The number of hydrogen-bond acceptors (Lipinski definition) is 14. The van der Waals surface area contributed by atoms with Gasteiger partial charge in [-0.1, -0.05) is 55.2 Å². The van der Waals surface area contributed by atoms with Crippen molar-refractivity contribution in [2.45, 2.75) is 45.4 Å². The Labute approximate surface area is 309 Å². The van der Waals surface area contributed by atoms with Gasteiger partial charge in [-0.2, -0.15) is 0 Å². The van der Waals surface area contributed by atoms with Gasteiger partial charge < -0.3 is 61.6 Å². The van der Waals surface area contributed by atoms with Gasteiger partial charge in [0.25, 0.3) is 0 Å². The predicted molar refractivity (Wildman–Crippen MR) is 193 cm³/mol. The van der Waals surface area contributed by atoms with Crippen molar-refractivity contribution in [3.8, 4) is 0 Å². The first-order valence-electron chi connectivity index (χ1n) is 18.0. The van der Waals surface area contributed by atoms with E-state index in [1.165, 1.54) is 19.3 Å². The maximum absolute atomic E-state index is 11.6. The van der Waals surface area contributed by atoms with Crippen LogP contribution in [0, 0.1) is 0 Å². The first kappa shape index (κ1) is 48.7. The minimum absolute atomic E-state index is 0.147. The van der Waals surface area contributed by atoms with Crippen LogP contribution in [0.2, 0.25) is 0 Å². The lowest BCUT2D eigenvalue weighted by molar-refractivity contribution is -0.145.